The first-order chi connectivity index (χ1) is 19.6. The van der Waals surface area contributed by atoms with Crippen LogP contribution in [-0.4, -0.2) is 40.3 Å². The van der Waals surface area contributed by atoms with E-state index in [0.29, 0.717) is 18.1 Å². The van der Waals surface area contributed by atoms with E-state index in [9.17, 15) is 10.3 Å². The van der Waals surface area contributed by atoms with E-state index in [0.717, 1.165) is 74.4 Å². The van der Waals surface area contributed by atoms with Crippen LogP contribution in [0, 0.1) is 5.21 Å². The third-order valence-corrected chi connectivity index (χ3v) is 7.03. The van der Waals surface area contributed by atoms with Crippen LogP contribution in [0.2, 0.25) is 0 Å². The van der Waals surface area contributed by atoms with Crippen molar-refractivity contribution in [2.45, 2.75) is 39.3 Å². The summed E-state index contributed by atoms with van der Waals surface area (Å²) in [5.41, 5.74) is 7.78. The quantitative estimate of drug-likeness (QED) is 0.207. The van der Waals surface area contributed by atoms with Crippen LogP contribution in [0.1, 0.15) is 36.8 Å². The number of hydrogen-bond acceptors (Lipinski definition) is 7. The summed E-state index contributed by atoms with van der Waals surface area (Å²) >= 11 is 0. The van der Waals surface area contributed by atoms with Crippen molar-refractivity contribution in [3.63, 3.8) is 0 Å². The second kappa shape index (κ2) is 11.0. The summed E-state index contributed by atoms with van der Waals surface area (Å²) in [6, 6.07) is 21.9. The lowest BCUT2D eigenvalue weighted by Gasteiger charge is -2.12. The van der Waals surface area contributed by atoms with Gasteiger partial charge in [0.25, 0.3) is 0 Å². The molecular formula is C30H28N8O2. The van der Waals surface area contributed by atoms with Gasteiger partial charge in [0.05, 0.1) is 18.8 Å². The number of tetrazole rings is 1. The van der Waals surface area contributed by atoms with Crippen LogP contribution in [0.3, 0.4) is 0 Å². The van der Waals surface area contributed by atoms with Gasteiger partial charge in [0, 0.05) is 29.7 Å². The normalized spacial score (nSPS) is 11.3. The molecule has 4 aromatic heterocycles. The largest absolute Gasteiger partial charge is 0.619 e. The third kappa shape index (κ3) is 4.92. The van der Waals surface area contributed by atoms with Crippen molar-refractivity contribution in [1.29, 1.82) is 0 Å². The second-order valence-electron chi connectivity index (χ2n) is 9.64. The van der Waals surface area contributed by atoms with Gasteiger partial charge in [-0.2, -0.15) is 4.73 Å². The molecule has 6 aromatic rings. The Hall–Kier alpha value is -4.96. The molecule has 40 heavy (non-hydrogen) atoms. The Bertz CT molecular complexity index is 1740. The molecule has 2 aromatic carbocycles. The van der Waals surface area contributed by atoms with Gasteiger partial charge < -0.3 is 14.9 Å². The van der Waals surface area contributed by atoms with Gasteiger partial charge in [0.1, 0.15) is 11.3 Å². The molecule has 10 nitrogen and oxygen atoms in total. The van der Waals surface area contributed by atoms with Gasteiger partial charge in [-0.1, -0.05) is 61.9 Å². The summed E-state index contributed by atoms with van der Waals surface area (Å²) < 4.78 is 2.88. The number of hydrogen-bond donors (Lipinski definition) is 2. The van der Waals surface area contributed by atoms with Gasteiger partial charge in [0.15, 0.2) is 23.9 Å². The van der Waals surface area contributed by atoms with E-state index >= 15 is 0 Å². The van der Waals surface area contributed by atoms with Gasteiger partial charge in [-0.15, -0.1) is 5.10 Å². The Morgan fingerprint density at radius 3 is 2.38 bits per heavy atom. The zero-order chi connectivity index (χ0) is 27.5. The minimum atomic E-state index is -0.220. The molecule has 0 saturated heterocycles. The van der Waals surface area contributed by atoms with Gasteiger partial charge in [0.2, 0.25) is 0 Å². The predicted octanol–water partition coefficient (Wildman–Crippen LogP) is 4.46. The summed E-state index contributed by atoms with van der Waals surface area (Å²) in [7, 11) is 0. The van der Waals surface area contributed by atoms with Crippen LogP contribution in [0.25, 0.3) is 44.8 Å². The number of imidazole rings is 1. The zero-order valence-electron chi connectivity index (χ0n) is 22.0. The number of rotatable bonds is 9. The van der Waals surface area contributed by atoms with Crippen LogP contribution in [0.4, 0.5) is 0 Å². The lowest BCUT2D eigenvalue weighted by molar-refractivity contribution is -0.605. The van der Waals surface area contributed by atoms with Crippen LogP contribution >= 0.6 is 0 Å². The predicted molar refractivity (Wildman–Crippen MR) is 151 cm³/mol. The highest BCUT2D eigenvalue weighted by Gasteiger charge is 2.18. The molecular weight excluding hydrogens is 504 g/mol. The number of aromatic amines is 1. The van der Waals surface area contributed by atoms with E-state index in [1.165, 1.54) is 12.4 Å². The van der Waals surface area contributed by atoms with Crippen molar-refractivity contribution in [3.8, 4) is 33.6 Å². The van der Waals surface area contributed by atoms with E-state index in [2.05, 4.69) is 62.4 Å². The molecule has 0 bridgehead atoms. The van der Waals surface area contributed by atoms with E-state index in [4.69, 9.17) is 9.97 Å². The molecule has 0 aliphatic heterocycles. The average Bonchev–Trinajstić information content (AvgIpc) is 3.65. The molecule has 0 fully saturated rings. The average molecular weight is 533 g/mol. The molecule has 0 aliphatic rings. The third-order valence-electron chi connectivity index (χ3n) is 7.03. The summed E-state index contributed by atoms with van der Waals surface area (Å²) in [5, 5.41) is 36.1. The maximum Gasteiger partial charge on any atom is 0.180 e. The molecule has 0 amide bonds. The molecule has 4 heterocycles. The summed E-state index contributed by atoms with van der Waals surface area (Å²) in [5.74, 6) is 1.58. The number of aliphatic hydroxyl groups excluding tert-OH is 1. The maximum absolute atomic E-state index is 11.5. The van der Waals surface area contributed by atoms with Gasteiger partial charge in [-0.3, -0.25) is 0 Å². The Morgan fingerprint density at radius 1 is 0.925 bits per heavy atom. The molecule has 0 atom stereocenters. The number of fused-ring (bicyclic) bond motifs is 1. The van der Waals surface area contributed by atoms with Crippen LogP contribution in [-0.2, 0) is 19.6 Å². The van der Waals surface area contributed by atoms with Crippen LogP contribution < -0.4 is 4.73 Å². The number of aryl methyl sites for hydroxylation is 1. The van der Waals surface area contributed by atoms with Gasteiger partial charge in [-0.05, 0) is 45.2 Å². The number of nitrogens with zero attached hydrogens (tertiary/aromatic N) is 7. The first-order valence-electron chi connectivity index (χ1n) is 13.3. The maximum atomic E-state index is 11.5. The van der Waals surface area contributed by atoms with Crippen molar-refractivity contribution in [3.05, 3.63) is 101 Å². The Balaban J connectivity index is 1.37. The van der Waals surface area contributed by atoms with Crippen molar-refractivity contribution in [1.82, 2.24) is 35.2 Å². The number of H-pyrrole nitrogens is 1. The molecule has 0 spiro atoms. The second-order valence-corrected chi connectivity index (χ2v) is 9.64. The summed E-state index contributed by atoms with van der Waals surface area (Å²) in [6.45, 7) is 2.54. The smallest absolute Gasteiger partial charge is 0.180 e. The topological polar surface area (TPSA) is 132 Å². The molecule has 10 heteroatoms. The number of nitrogens with one attached hydrogen (secondary N) is 1. The summed E-state index contributed by atoms with van der Waals surface area (Å²) in [4.78, 5) is 9.83. The van der Waals surface area contributed by atoms with Crippen molar-refractivity contribution in [2.24, 2.45) is 0 Å². The highest BCUT2D eigenvalue weighted by molar-refractivity contribution is 5.81. The van der Waals surface area contributed by atoms with E-state index in [1.54, 1.807) is 12.1 Å². The van der Waals surface area contributed by atoms with E-state index in [1.807, 2.05) is 24.3 Å². The molecule has 0 saturated carbocycles. The van der Waals surface area contributed by atoms with Crippen molar-refractivity contribution in [2.75, 3.05) is 0 Å². The number of unbranched alkanes of at least 4 members (excludes halogenated alkanes) is 1. The Kier molecular flexibility index (Phi) is 6.98. The first-order valence-corrected chi connectivity index (χ1v) is 13.3. The molecule has 2 N–H and O–H groups in total. The molecule has 6 rings (SSSR count). The lowest BCUT2D eigenvalue weighted by atomic mass is 9.98. The lowest BCUT2D eigenvalue weighted by Crippen LogP contribution is -2.23. The van der Waals surface area contributed by atoms with Crippen molar-refractivity contribution < 1.29 is 9.84 Å². The fraction of sp³-hybridized carbons (Fsp3) is 0.200. The Labute approximate surface area is 230 Å². The minimum Gasteiger partial charge on any atom is -0.619 e. The fourth-order valence-corrected chi connectivity index (χ4v) is 4.97. The van der Waals surface area contributed by atoms with E-state index in [-0.39, 0.29) is 6.61 Å². The highest BCUT2D eigenvalue weighted by atomic mass is 16.5. The molecule has 0 radical (unpaired) electrons. The number of aliphatic hydroxyl groups is 1. The number of pyridine rings is 2. The number of aromatic nitrogens is 8. The molecule has 0 aliphatic carbocycles. The standard InChI is InChI=1S/C30H28N8O2/c1-2-3-8-28-31-26-17-25(22-13-15-37(40)16-14-22)27(19-39)32-30(26)38(28)18-20-9-11-21(12-10-20)23-6-4-5-7-24(23)29-33-35-36-34-29/h4-7,9-17,39H,2-3,8,18-19H2,1H3,(H,33,34,35,36). The molecule has 0 unspecified atom stereocenters. The van der Waals surface area contributed by atoms with E-state index < -0.39 is 0 Å². The monoisotopic (exact) mass is 532 g/mol. The fourth-order valence-electron chi connectivity index (χ4n) is 4.97. The number of benzene rings is 2. The first kappa shape index (κ1) is 25.3. The van der Waals surface area contributed by atoms with Gasteiger partial charge in [-0.25, -0.2) is 15.1 Å². The molecule has 200 valence electrons. The van der Waals surface area contributed by atoms with Crippen LogP contribution in [0.15, 0.2) is 79.1 Å². The van der Waals surface area contributed by atoms with Crippen molar-refractivity contribution >= 4 is 11.2 Å². The Morgan fingerprint density at radius 2 is 1.68 bits per heavy atom. The SMILES string of the molecule is CCCCc1nc2cc(-c3cc[n+]([O-])cc3)c(CO)nc2n1Cc1ccc(-c2ccccc2-c2nnn[nH]2)cc1. The van der Waals surface area contributed by atoms with Gasteiger partial charge >= 0.3 is 0 Å². The summed E-state index contributed by atoms with van der Waals surface area (Å²) in [6.07, 6.45) is 5.77. The minimum absolute atomic E-state index is 0.220. The zero-order valence-corrected chi connectivity index (χ0v) is 22.0. The van der Waals surface area contributed by atoms with Crippen LogP contribution in [0.5, 0.6) is 0 Å². The highest BCUT2D eigenvalue weighted by Crippen LogP contribution is 2.31.